The van der Waals surface area contributed by atoms with Gasteiger partial charge in [-0.1, -0.05) is 13.8 Å². The van der Waals surface area contributed by atoms with E-state index in [1.54, 1.807) is 6.20 Å². The summed E-state index contributed by atoms with van der Waals surface area (Å²) in [6.45, 7) is 8.08. The molecule has 2 aliphatic rings. The standard InChI is InChI=1S/C17H28N4O/c1-3-16(4-2)8-13-20(14-16)15(22)17(6-10-18-11-7-17)21-12-5-9-19-21/h5,9,12,18H,3-4,6-8,10-11,13-14H2,1-2H3. The Morgan fingerprint density at radius 3 is 2.50 bits per heavy atom. The molecule has 0 bridgehead atoms. The molecule has 5 nitrogen and oxygen atoms in total. The molecule has 0 atom stereocenters. The Morgan fingerprint density at radius 1 is 1.23 bits per heavy atom. The van der Waals surface area contributed by atoms with Crippen LogP contribution in [0.4, 0.5) is 0 Å². The summed E-state index contributed by atoms with van der Waals surface area (Å²) in [5, 5.41) is 7.80. The third-order valence-electron chi connectivity index (χ3n) is 6.00. The van der Waals surface area contributed by atoms with Crippen LogP contribution in [0, 0.1) is 5.41 Å². The lowest BCUT2D eigenvalue weighted by Crippen LogP contribution is -2.55. The fraction of sp³-hybridized carbons (Fsp3) is 0.765. The van der Waals surface area contributed by atoms with Crippen molar-refractivity contribution < 1.29 is 4.79 Å². The molecule has 0 saturated carbocycles. The molecule has 1 amide bonds. The topological polar surface area (TPSA) is 50.2 Å². The van der Waals surface area contributed by atoms with Crippen LogP contribution < -0.4 is 5.32 Å². The first-order valence-corrected chi connectivity index (χ1v) is 8.66. The second-order valence-electron chi connectivity index (χ2n) is 6.92. The molecule has 1 N–H and O–H groups in total. The maximum Gasteiger partial charge on any atom is 0.250 e. The first kappa shape index (κ1) is 15.5. The van der Waals surface area contributed by atoms with Crippen molar-refractivity contribution in [3.8, 4) is 0 Å². The van der Waals surface area contributed by atoms with E-state index < -0.39 is 5.54 Å². The lowest BCUT2D eigenvalue weighted by atomic mass is 9.81. The molecule has 5 heteroatoms. The Labute approximate surface area is 133 Å². The largest absolute Gasteiger partial charge is 0.340 e. The average molecular weight is 304 g/mol. The number of rotatable bonds is 4. The molecular weight excluding hydrogens is 276 g/mol. The van der Waals surface area contributed by atoms with Crippen LogP contribution in [0.3, 0.4) is 0 Å². The number of amides is 1. The fourth-order valence-corrected chi connectivity index (χ4v) is 4.13. The van der Waals surface area contributed by atoms with Gasteiger partial charge in [-0.3, -0.25) is 9.48 Å². The number of hydrogen-bond donors (Lipinski definition) is 1. The Kier molecular flexibility index (Phi) is 4.26. The van der Waals surface area contributed by atoms with E-state index in [2.05, 4.69) is 29.2 Å². The monoisotopic (exact) mass is 304 g/mol. The summed E-state index contributed by atoms with van der Waals surface area (Å²) >= 11 is 0. The minimum Gasteiger partial charge on any atom is -0.340 e. The molecule has 3 rings (SSSR count). The molecule has 0 unspecified atom stereocenters. The first-order chi connectivity index (χ1) is 10.7. The lowest BCUT2D eigenvalue weighted by Gasteiger charge is -2.39. The van der Waals surface area contributed by atoms with Crippen LogP contribution in [0.2, 0.25) is 0 Å². The van der Waals surface area contributed by atoms with Crippen LogP contribution in [-0.4, -0.2) is 46.8 Å². The van der Waals surface area contributed by atoms with Gasteiger partial charge in [0.25, 0.3) is 5.91 Å². The van der Waals surface area contributed by atoms with Crippen LogP contribution in [0.15, 0.2) is 18.5 Å². The minimum atomic E-state index is -0.480. The van der Waals surface area contributed by atoms with Gasteiger partial charge in [0.05, 0.1) is 0 Å². The van der Waals surface area contributed by atoms with Gasteiger partial charge in [-0.25, -0.2) is 0 Å². The summed E-state index contributed by atoms with van der Waals surface area (Å²) in [4.78, 5) is 15.5. The molecule has 0 aromatic carbocycles. The number of aromatic nitrogens is 2. The quantitative estimate of drug-likeness (QED) is 0.925. The molecule has 2 aliphatic heterocycles. The van der Waals surface area contributed by atoms with E-state index in [0.717, 1.165) is 58.3 Å². The second-order valence-corrected chi connectivity index (χ2v) is 6.92. The van der Waals surface area contributed by atoms with Gasteiger partial charge in [0.2, 0.25) is 0 Å². The van der Waals surface area contributed by atoms with Crippen molar-refractivity contribution >= 4 is 5.91 Å². The average Bonchev–Trinajstić information content (AvgIpc) is 3.25. The van der Waals surface area contributed by atoms with Gasteiger partial charge in [-0.2, -0.15) is 5.10 Å². The Hall–Kier alpha value is -1.36. The summed E-state index contributed by atoms with van der Waals surface area (Å²) in [5.41, 5.74) is -0.153. The SMILES string of the molecule is CCC1(CC)CCN(C(=O)C2(n3cccn3)CCNCC2)C1. The molecule has 22 heavy (non-hydrogen) atoms. The molecule has 0 aliphatic carbocycles. The van der Waals surface area contributed by atoms with Gasteiger partial charge in [0, 0.05) is 25.5 Å². The molecule has 1 aromatic rings. The number of hydrogen-bond acceptors (Lipinski definition) is 3. The molecule has 0 radical (unpaired) electrons. The number of nitrogens with one attached hydrogen (secondary N) is 1. The van der Waals surface area contributed by atoms with Crippen molar-refractivity contribution in [2.75, 3.05) is 26.2 Å². The molecule has 2 fully saturated rings. The summed E-state index contributed by atoms with van der Waals surface area (Å²) in [6, 6.07) is 1.92. The lowest BCUT2D eigenvalue weighted by molar-refractivity contribution is -0.142. The Morgan fingerprint density at radius 2 is 1.95 bits per heavy atom. The third-order valence-corrected chi connectivity index (χ3v) is 6.00. The van der Waals surface area contributed by atoms with Crippen molar-refractivity contribution in [2.45, 2.75) is 51.5 Å². The fourth-order valence-electron chi connectivity index (χ4n) is 4.13. The molecule has 3 heterocycles. The maximum absolute atomic E-state index is 13.4. The van der Waals surface area contributed by atoms with Crippen molar-refractivity contribution in [1.82, 2.24) is 20.0 Å². The second kappa shape index (κ2) is 6.03. The zero-order valence-corrected chi connectivity index (χ0v) is 13.8. The van der Waals surface area contributed by atoms with Crippen LogP contribution >= 0.6 is 0 Å². The highest BCUT2D eigenvalue weighted by Gasteiger charge is 2.47. The molecule has 0 spiro atoms. The van der Waals surface area contributed by atoms with Crippen molar-refractivity contribution in [3.05, 3.63) is 18.5 Å². The highest BCUT2D eigenvalue weighted by Crippen LogP contribution is 2.39. The minimum absolute atomic E-state index is 0.279. The normalized spacial score (nSPS) is 23.6. The van der Waals surface area contributed by atoms with Crippen LogP contribution in [-0.2, 0) is 10.3 Å². The highest BCUT2D eigenvalue weighted by atomic mass is 16.2. The van der Waals surface area contributed by atoms with Crippen molar-refractivity contribution in [3.63, 3.8) is 0 Å². The maximum atomic E-state index is 13.4. The van der Waals surface area contributed by atoms with E-state index in [-0.39, 0.29) is 5.91 Å². The van der Waals surface area contributed by atoms with Crippen molar-refractivity contribution in [2.24, 2.45) is 5.41 Å². The number of piperidine rings is 1. The first-order valence-electron chi connectivity index (χ1n) is 8.66. The van der Waals surface area contributed by atoms with Crippen LogP contribution in [0.1, 0.15) is 46.0 Å². The molecule has 2 saturated heterocycles. The summed E-state index contributed by atoms with van der Waals surface area (Å²) < 4.78 is 1.91. The van der Waals surface area contributed by atoms with Crippen LogP contribution in [0.25, 0.3) is 0 Å². The van der Waals surface area contributed by atoms with E-state index in [0.29, 0.717) is 5.41 Å². The Balaban J connectivity index is 1.85. The van der Waals surface area contributed by atoms with E-state index in [1.807, 2.05) is 16.9 Å². The van der Waals surface area contributed by atoms with E-state index in [4.69, 9.17) is 0 Å². The molecule has 1 aromatic heterocycles. The van der Waals surface area contributed by atoms with Gasteiger partial charge in [0.1, 0.15) is 5.54 Å². The highest BCUT2D eigenvalue weighted by molar-refractivity contribution is 5.85. The Bertz CT molecular complexity index is 501. The zero-order chi connectivity index (χ0) is 15.6. The van der Waals surface area contributed by atoms with Gasteiger partial charge >= 0.3 is 0 Å². The number of carbonyl (C=O) groups excluding carboxylic acids is 1. The van der Waals surface area contributed by atoms with Gasteiger partial charge in [-0.05, 0) is 56.7 Å². The zero-order valence-electron chi connectivity index (χ0n) is 13.8. The summed E-state index contributed by atoms with van der Waals surface area (Å²) in [7, 11) is 0. The molecule has 122 valence electrons. The summed E-state index contributed by atoms with van der Waals surface area (Å²) in [5.74, 6) is 0.279. The molecular formula is C17H28N4O. The van der Waals surface area contributed by atoms with Gasteiger partial charge in [0.15, 0.2) is 0 Å². The van der Waals surface area contributed by atoms with Gasteiger partial charge < -0.3 is 10.2 Å². The third kappa shape index (κ3) is 2.45. The van der Waals surface area contributed by atoms with E-state index >= 15 is 0 Å². The van der Waals surface area contributed by atoms with Crippen LogP contribution in [0.5, 0.6) is 0 Å². The smallest absolute Gasteiger partial charge is 0.250 e. The predicted octanol–water partition coefficient (Wildman–Crippen LogP) is 2.00. The number of nitrogens with zero attached hydrogens (tertiary/aromatic N) is 3. The summed E-state index contributed by atoms with van der Waals surface area (Å²) in [6.07, 6.45) is 8.84. The predicted molar refractivity (Wildman–Crippen MR) is 86.5 cm³/mol. The van der Waals surface area contributed by atoms with E-state index in [1.165, 1.54) is 0 Å². The van der Waals surface area contributed by atoms with Crippen molar-refractivity contribution in [1.29, 1.82) is 0 Å². The van der Waals surface area contributed by atoms with E-state index in [9.17, 15) is 4.79 Å². The number of carbonyl (C=O) groups is 1. The number of likely N-dealkylation sites (tertiary alicyclic amines) is 1. The van der Waals surface area contributed by atoms with Gasteiger partial charge in [-0.15, -0.1) is 0 Å².